The Labute approximate surface area is 253 Å². The van der Waals surface area contributed by atoms with Crippen LogP contribution >= 0.6 is 0 Å². The van der Waals surface area contributed by atoms with Gasteiger partial charge in [0.25, 0.3) is 0 Å². The predicted molar refractivity (Wildman–Crippen MR) is 175 cm³/mol. The van der Waals surface area contributed by atoms with E-state index in [1.54, 1.807) is 11.2 Å². The first-order chi connectivity index (χ1) is 20.8. The Balaban J connectivity index is 0.993. The molecule has 43 heavy (non-hydrogen) atoms. The van der Waals surface area contributed by atoms with Crippen molar-refractivity contribution in [2.45, 2.75) is 32.6 Å². The van der Waals surface area contributed by atoms with Gasteiger partial charge in [-0.15, -0.1) is 0 Å². The second-order valence-electron chi connectivity index (χ2n) is 12.3. The number of hydrogen-bond acceptors (Lipinski definition) is 6. The van der Waals surface area contributed by atoms with E-state index in [0.29, 0.717) is 13.2 Å². The molecule has 0 radical (unpaired) electrons. The minimum atomic E-state index is -0.161. The van der Waals surface area contributed by atoms with Crippen molar-refractivity contribution in [3.8, 4) is 17.1 Å². The molecule has 2 N–H and O–H groups in total. The smallest absolute Gasteiger partial charge is 0.327 e. The van der Waals surface area contributed by atoms with Gasteiger partial charge in [0.15, 0.2) is 0 Å². The fourth-order valence-corrected chi connectivity index (χ4v) is 5.57. The lowest BCUT2D eigenvalue weighted by molar-refractivity contribution is 0.200. The number of fused-ring (bicyclic) bond motifs is 1. The molecule has 1 aromatic heterocycles. The maximum absolute atomic E-state index is 12.4. The number of anilines is 2. The van der Waals surface area contributed by atoms with Crippen LogP contribution in [0, 0.1) is 0 Å². The maximum atomic E-state index is 12.4. The average Bonchev–Trinajstić information content (AvgIpc) is 3.47. The number of aliphatic imine (C=N–C) groups is 1. The Kier molecular flexibility index (Phi) is 8.33. The van der Waals surface area contributed by atoms with Gasteiger partial charge in [0, 0.05) is 57.1 Å². The Morgan fingerprint density at radius 2 is 1.72 bits per heavy atom. The highest BCUT2D eigenvalue weighted by molar-refractivity contribution is 5.96. The monoisotopic (exact) mass is 579 g/mol. The molecule has 2 aliphatic heterocycles. The summed E-state index contributed by atoms with van der Waals surface area (Å²) in [5.74, 6) is 1.70. The van der Waals surface area contributed by atoms with Crippen molar-refractivity contribution in [1.29, 1.82) is 0 Å². The number of benzene rings is 3. The Hall–Kier alpha value is -4.37. The minimum absolute atomic E-state index is 0.128. The van der Waals surface area contributed by atoms with Gasteiger partial charge in [0.2, 0.25) is 0 Å². The summed E-state index contributed by atoms with van der Waals surface area (Å²) in [5, 5.41) is 2.91. The number of rotatable bonds is 7. The summed E-state index contributed by atoms with van der Waals surface area (Å²) in [4.78, 5) is 31.6. The number of piperazine rings is 1. The lowest BCUT2D eigenvalue weighted by Gasteiger charge is -2.36. The molecular formula is C34H41N7O2. The van der Waals surface area contributed by atoms with E-state index in [1.165, 1.54) is 11.3 Å². The molecule has 0 unspecified atom stereocenters. The number of amides is 2. The van der Waals surface area contributed by atoms with Crippen molar-refractivity contribution in [3.63, 3.8) is 0 Å². The number of carbonyl (C=O) groups excluding carboxylic acids is 1. The normalized spacial score (nSPS) is 16.1. The van der Waals surface area contributed by atoms with E-state index < -0.39 is 0 Å². The van der Waals surface area contributed by atoms with Crippen molar-refractivity contribution in [3.05, 3.63) is 72.3 Å². The molecule has 1 fully saturated rings. The lowest BCUT2D eigenvalue weighted by Crippen LogP contribution is -2.47. The molecule has 3 heterocycles. The SMILES string of the molecule is CC(C)(C)c1ccc(-c2nc3c(N4CCN(CCOc5ccc(NC(=O)N6C=NCCC6)cc5)CC4)cccc3[nH]2)cc1. The lowest BCUT2D eigenvalue weighted by atomic mass is 9.87. The van der Waals surface area contributed by atoms with Crippen LogP contribution in [0.1, 0.15) is 32.8 Å². The first-order valence-electron chi connectivity index (χ1n) is 15.2. The van der Waals surface area contributed by atoms with Crippen LogP contribution in [0.2, 0.25) is 0 Å². The molecule has 0 aliphatic carbocycles. The Bertz CT molecular complexity index is 1560. The van der Waals surface area contributed by atoms with Crippen LogP contribution in [0.5, 0.6) is 5.75 Å². The summed E-state index contributed by atoms with van der Waals surface area (Å²) in [6.45, 7) is 13.5. The van der Waals surface area contributed by atoms with Crippen molar-refractivity contribution < 1.29 is 9.53 Å². The van der Waals surface area contributed by atoms with Gasteiger partial charge in [0.1, 0.15) is 23.7 Å². The van der Waals surface area contributed by atoms with Gasteiger partial charge in [0.05, 0.1) is 17.5 Å². The van der Waals surface area contributed by atoms with Gasteiger partial charge in [-0.25, -0.2) is 9.78 Å². The molecule has 0 spiro atoms. The number of aromatic nitrogens is 2. The summed E-state index contributed by atoms with van der Waals surface area (Å²) in [5.41, 5.74) is 6.56. The van der Waals surface area contributed by atoms with Crippen molar-refractivity contribution in [1.82, 2.24) is 19.8 Å². The first kappa shape index (κ1) is 28.7. The predicted octanol–water partition coefficient (Wildman–Crippen LogP) is 5.99. The van der Waals surface area contributed by atoms with E-state index in [-0.39, 0.29) is 11.4 Å². The zero-order valence-electron chi connectivity index (χ0n) is 25.3. The molecule has 0 saturated carbocycles. The van der Waals surface area contributed by atoms with Crippen LogP contribution in [0.25, 0.3) is 22.4 Å². The summed E-state index contributed by atoms with van der Waals surface area (Å²) in [6.07, 6.45) is 2.50. The van der Waals surface area contributed by atoms with Crippen molar-refractivity contribution in [2.75, 3.05) is 62.6 Å². The molecule has 0 atom stereocenters. The molecule has 6 rings (SSSR count). The standard InChI is InChI=1S/C34H41N7O2/c1-34(2,3)26-10-8-25(9-11-26)32-37-29-6-4-7-30(31(29)38-32)40-20-18-39(19-21-40)22-23-43-28-14-12-27(13-15-28)36-33(42)41-17-5-16-35-24-41/h4,6-15,24H,5,16-23H2,1-3H3,(H,36,42)(H,37,38). The number of H-pyrrole nitrogens is 1. The highest BCUT2D eigenvalue weighted by Gasteiger charge is 2.21. The van der Waals surface area contributed by atoms with Crippen molar-refractivity contribution >= 4 is 34.8 Å². The Morgan fingerprint density at radius 3 is 2.42 bits per heavy atom. The highest BCUT2D eigenvalue weighted by atomic mass is 16.5. The second kappa shape index (κ2) is 12.5. The third-order valence-corrected chi connectivity index (χ3v) is 8.18. The van der Waals surface area contributed by atoms with Gasteiger partial charge >= 0.3 is 6.03 Å². The molecule has 224 valence electrons. The second-order valence-corrected chi connectivity index (χ2v) is 12.3. The Morgan fingerprint density at radius 1 is 0.953 bits per heavy atom. The third kappa shape index (κ3) is 6.83. The quantitative estimate of drug-likeness (QED) is 0.281. The van der Waals surface area contributed by atoms with Crippen LogP contribution in [0.4, 0.5) is 16.2 Å². The summed E-state index contributed by atoms with van der Waals surface area (Å²) < 4.78 is 6.01. The molecule has 2 amide bonds. The van der Waals surface area contributed by atoms with Gasteiger partial charge in [-0.2, -0.15) is 0 Å². The summed E-state index contributed by atoms with van der Waals surface area (Å²) >= 11 is 0. The van der Waals surface area contributed by atoms with Gasteiger partial charge in [-0.1, -0.05) is 51.1 Å². The average molecular weight is 580 g/mol. The first-order valence-corrected chi connectivity index (χ1v) is 15.2. The number of para-hydroxylation sites is 1. The molecule has 1 saturated heterocycles. The zero-order valence-corrected chi connectivity index (χ0v) is 25.3. The van der Waals surface area contributed by atoms with Crippen molar-refractivity contribution in [2.24, 2.45) is 4.99 Å². The molecule has 9 heteroatoms. The number of imidazole rings is 1. The molecule has 9 nitrogen and oxygen atoms in total. The van der Waals surface area contributed by atoms with Crippen LogP contribution in [-0.4, -0.2) is 84.6 Å². The van der Waals surface area contributed by atoms with Crippen LogP contribution in [-0.2, 0) is 5.41 Å². The third-order valence-electron chi connectivity index (χ3n) is 8.18. The highest BCUT2D eigenvalue weighted by Crippen LogP contribution is 2.30. The number of hydrogen-bond donors (Lipinski definition) is 2. The van der Waals surface area contributed by atoms with Gasteiger partial charge in [-0.05, 0) is 53.8 Å². The summed E-state index contributed by atoms with van der Waals surface area (Å²) in [7, 11) is 0. The topological polar surface area (TPSA) is 89.1 Å². The van der Waals surface area contributed by atoms with E-state index >= 15 is 0 Å². The molecular weight excluding hydrogens is 538 g/mol. The van der Waals surface area contributed by atoms with Crippen LogP contribution in [0.15, 0.2) is 71.7 Å². The summed E-state index contributed by atoms with van der Waals surface area (Å²) in [6, 6.07) is 22.5. The fourth-order valence-electron chi connectivity index (χ4n) is 5.57. The maximum Gasteiger partial charge on any atom is 0.327 e. The molecule has 2 aliphatic rings. The van der Waals surface area contributed by atoms with E-state index in [9.17, 15) is 4.79 Å². The van der Waals surface area contributed by atoms with Gasteiger partial charge in [-0.3, -0.25) is 14.8 Å². The van der Waals surface area contributed by atoms with E-state index in [1.807, 2.05) is 24.3 Å². The van der Waals surface area contributed by atoms with E-state index in [2.05, 4.69) is 88.3 Å². The minimum Gasteiger partial charge on any atom is -0.492 e. The van der Waals surface area contributed by atoms with Crippen LogP contribution in [0.3, 0.4) is 0 Å². The zero-order chi connectivity index (χ0) is 29.8. The van der Waals surface area contributed by atoms with Gasteiger partial charge < -0.3 is 19.9 Å². The number of nitrogens with one attached hydrogen (secondary N) is 2. The number of aromatic amines is 1. The number of nitrogens with zero attached hydrogens (tertiary/aromatic N) is 5. The molecule has 0 bridgehead atoms. The largest absolute Gasteiger partial charge is 0.492 e. The van der Waals surface area contributed by atoms with Crippen LogP contribution < -0.4 is 15.0 Å². The number of urea groups is 1. The number of carbonyl (C=O) groups is 1. The van der Waals surface area contributed by atoms with E-state index in [4.69, 9.17) is 9.72 Å². The van der Waals surface area contributed by atoms with E-state index in [0.717, 1.165) is 79.5 Å². The molecule has 3 aromatic carbocycles. The fraction of sp³-hybridized carbons (Fsp3) is 0.382. The number of ether oxygens (including phenoxy) is 1. The molecule has 4 aromatic rings.